The Hall–Kier alpha value is -0.420. The van der Waals surface area contributed by atoms with Crippen molar-refractivity contribution in [2.45, 2.75) is 12.8 Å². The minimum Gasteiger partial charge on any atom is -0.412 e. The zero-order valence-electron chi connectivity index (χ0n) is 4.56. The Morgan fingerprint density at radius 3 is 1.67 bits per heavy atom. The summed E-state index contributed by atoms with van der Waals surface area (Å²) in [5.74, 6) is -0.287. The molecule has 52 valence electrons. The Morgan fingerprint density at radius 2 is 1.56 bits per heavy atom. The van der Waals surface area contributed by atoms with Crippen LogP contribution in [0.25, 0.3) is 0 Å². The molecular weight excluding hydrogens is 190 g/mol. The van der Waals surface area contributed by atoms with E-state index in [0.29, 0.717) is 12.8 Å². The maximum absolute atomic E-state index is 10.4. The van der Waals surface area contributed by atoms with Crippen LogP contribution in [0.4, 0.5) is 0 Å². The SMILES string of the molecule is O.O=C1CCC(=O)N1Br. The molecular formula is C4H6BrNO3. The summed E-state index contributed by atoms with van der Waals surface area (Å²) in [6, 6.07) is 0. The van der Waals surface area contributed by atoms with Crippen molar-refractivity contribution in [3.05, 3.63) is 0 Å². The van der Waals surface area contributed by atoms with Gasteiger partial charge in [0.05, 0.1) is 16.1 Å². The molecule has 0 aromatic carbocycles. The first-order valence-corrected chi connectivity index (χ1v) is 2.94. The first-order chi connectivity index (χ1) is 3.72. The maximum Gasteiger partial charge on any atom is 0.239 e. The van der Waals surface area contributed by atoms with Crippen LogP contribution in [-0.4, -0.2) is 21.2 Å². The standard InChI is InChI=1S/C4H4BrNO2.H2O/c5-6-3(7)1-2-4(6)8;/h1-2H2;1H2. The smallest absolute Gasteiger partial charge is 0.239 e. The van der Waals surface area contributed by atoms with Crippen molar-refractivity contribution in [1.82, 2.24) is 3.93 Å². The third kappa shape index (κ3) is 1.49. The predicted molar refractivity (Wildman–Crippen MR) is 33.6 cm³/mol. The average Bonchev–Trinajstić information content (AvgIpc) is 1.98. The molecule has 1 fully saturated rings. The molecule has 0 radical (unpaired) electrons. The highest BCUT2D eigenvalue weighted by atomic mass is 79.9. The Labute approximate surface area is 60.5 Å². The molecule has 0 aliphatic carbocycles. The Bertz CT molecular complexity index is 131. The molecule has 0 bridgehead atoms. The van der Waals surface area contributed by atoms with Gasteiger partial charge in [0.15, 0.2) is 0 Å². The fourth-order valence-corrected chi connectivity index (χ4v) is 0.904. The lowest BCUT2D eigenvalue weighted by molar-refractivity contribution is -0.131. The van der Waals surface area contributed by atoms with E-state index in [2.05, 4.69) is 16.1 Å². The lowest BCUT2D eigenvalue weighted by Gasteiger charge is -1.97. The van der Waals surface area contributed by atoms with Crippen LogP contribution >= 0.6 is 16.1 Å². The van der Waals surface area contributed by atoms with Crippen molar-refractivity contribution in [2.75, 3.05) is 0 Å². The van der Waals surface area contributed by atoms with Gasteiger partial charge in [0.1, 0.15) is 0 Å². The quantitative estimate of drug-likeness (QED) is 0.391. The van der Waals surface area contributed by atoms with E-state index in [4.69, 9.17) is 0 Å². The van der Waals surface area contributed by atoms with Crippen LogP contribution in [-0.2, 0) is 9.59 Å². The highest BCUT2D eigenvalue weighted by Gasteiger charge is 2.26. The number of imide groups is 1. The van der Waals surface area contributed by atoms with Crippen molar-refractivity contribution in [2.24, 2.45) is 0 Å². The summed E-state index contributed by atoms with van der Waals surface area (Å²) in [5, 5.41) is 0. The summed E-state index contributed by atoms with van der Waals surface area (Å²) < 4.78 is 0.979. The van der Waals surface area contributed by atoms with Crippen LogP contribution in [0.2, 0.25) is 0 Å². The van der Waals surface area contributed by atoms with Crippen LogP contribution in [0, 0.1) is 0 Å². The van der Waals surface area contributed by atoms with Gasteiger partial charge in [0, 0.05) is 12.8 Å². The van der Waals surface area contributed by atoms with Gasteiger partial charge in [-0.3, -0.25) is 9.59 Å². The first kappa shape index (κ1) is 8.58. The largest absolute Gasteiger partial charge is 0.412 e. The molecule has 1 saturated heterocycles. The molecule has 1 aliphatic heterocycles. The Kier molecular flexibility index (Phi) is 2.80. The van der Waals surface area contributed by atoms with E-state index >= 15 is 0 Å². The van der Waals surface area contributed by atoms with Gasteiger partial charge in [0.2, 0.25) is 11.8 Å². The van der Waals surface area contributed by atoms with E-state index in [1.54, 1.807) is 0 Å². The number of amides is 2. The van der Waals surface area contributed by atoms with E-state index in [1.807, 2.05) is 0 Å². The van der Waals surface area contributed by atoms with E-state index < -0.39 is 0 Å². The van der Waals surface area contributed by atoms with Gasteiger partial charge >= 0.3 is 0 Å². The van der Waals surface area contributed by atoms with Gasteiger partial charge in [-0.2, -0.15) is 0 Å². The second kappa shape index (κ2) is 2.93. The molecule has 5 heteroatoms. The predicted octanol–water partition coefficient (Wildman–Crippen LogP) is -0.379. The van der Waals surface area contributed by atoms with Crippen LogP contribution < -0.4 is 0 Å². The molecule has 1 heterocycles. The van der Waals surface area contributed by atoms with E-state index in [-0.39, 0.29) is 17.3 Å². The zero-order valence-corrected chi connectivity index (χ0v) is 6.14. The molecule has 0 aromatic rings. The molecule has 0 saturated carbocycles. The second-order valence-electron chi connectivity index (χ2n) is 1.57. The average molecular weight is 196 g/mol. The van der Waals surface area contributed by atoms with Gasteiger partial charge in [-0.25, -0.2) is 3.93 Å². The van der Waals surface area contributed by atoms with Gasteiger partial charge < -0.3 is 5.48 Å². The van der Waals surface area contributed by atoms with E-state index in [1.165, 1.54) is 0 Å². The number of hydrogen-bond donors (Lipinski definition) is 0. The monoisotopic (exact) mass is 195 g/mol. The van der Waals surface area contributed by atoms with Crippen LogP contribution in [0.5, 0.6) is 0 Å². The van der Waals surface area contributed by atoms with Crippen LogP contribution in [0.15, 0.2) is 0 Å². The molecule has 1 aliphatic rings. The van der Waals surface area contributed by atoms with Gasteiger partial charge in [-0.05, 0) is 0 Å². The number of nitrogens with zero attached hydrogens (tertiary/aromatic N) is 1. The van der Waals surface area contributed by atoms with Crippen molar-refractivity contribution in [1.29, 1.82) is 0 Å². The Balaban J connectivity index is 0.000000640. The summed E-state index contributed by atoms with van der Waals surface area (Å²) >= 11 is 2.80. The molecule has 1 rings (SSSR count). The maximum atomic E-state index is 10.4. The summed E-state index contributed by atoms with van der Waals surface area (Å²) in [7, 11) is 0. The van der Waals surface area contributed by atoms with Crippen molar-refractivity contribution in [3.63, 3.8) is 0 Å². The summed E-state index contributed by atoms with van der Waals surface area (Å²) in [4.78, 5) is 20.9. The first-order valence-electron chi connectivity index (χ1n) is 2.23. The van der Waals surface area contributed by atoms with Crippen molar-refractivity contribution >= 4 is 28.0 Å². The summed E-state index contributed by atoms with van der Waals surface area (Å²) in [6.07, 6.45) is 0.703. The van der Waals surface area contributed by atoms with Crippen molar-refractivity contribution in [3.8, 4) is 0 Å². The lowest BCUT2D eigenvalue weighted by atomic mass is 10.4. The molecule has 4 nitrogen and oxygen atoms in total. The molecule has 0 unspecified atom stereocenters. The third-order valence-corrected chi connectivity index (χ3v) is 1.78. The Morgan fingerprint density at radius 1 is 1.22 bits per heavy atom. The van der Waals surface area contributed by atoms with E-state index in [0.717, 1.165) is 3.93 Å². The molecule has 0 atom stereocenters. The molecule has 2 amide bonds. The number of rotatable bonds is 0. The molecule has 2 N–H and O–H groups in total. The van der Waals surface area contributed by atoms with Gasteiger partial charge in [0.25, 0.3) is 0 Å². The summed E-state index contributed by atoms with van der Waals surface area (Å²) in [5.41, 5.74) is 0. The van der Waals surface area contributed by atoms with E-state index in [9.17, 15) is 9.59 Å². The molecule has 0 spiro atoms. The third-order valence-electron chi connectivity index (χ3n) is 0.991. The normalized spacial score (nSPS) is 18.1. The zero-order chi connectivity index (χ0) is 6.15. The van der Waals surface area contributed by atoms with Gasteiger partial charge in [-0.1, -0.05) is 0 Å². The minimum absolute atomic E-state index is 0. The fourth-order valence-electron chi connectivity index (χ4n) is 0.549. The minimum atomic E-state index is -0.144. The lowest BCUT2D eigenvalue weighted by Crippen LogP contribution is -2.16. The second-order valence-corrected chi connectivity index (χ2v) is 2.28. The fraction of sp³-hybridized carbons (Fsp3) is 0.500. The number of halogens is 1. The number of carbonyl (C=O) groups excluding carboxylic acids is 2. The number of carbonyl (C=O) groups is 2. The highest BCUT2D eigenvalue weighted by Crippen LogP contribution is 2.14. The highest BCUT2D eigenvalue weighted by molar-refractivity contribution is 9.08. The molecule has 9 heavy (non-hydrogen) atoms. The molecule has 0 aromatic heterocycles. The van der Waals surface area contributed by atoms with Crippen LogP contribution in [0.1, 0.15) is 12.8 Å². The topological polar surface area (TPSA) is 68.9 Å². The van der Waals surface area contributed by atoms with Crippen molar-refractivity contribution < 1.29 is 15.1 Å². The summed E-state index contributed by atoms with van der Waals surface area (Å²) in [6.45, 7) is 0. The van der Waals surface area contributed by atoms with Gasteiger partial charge in [-0.15, -0.1) is 0 Å². The number of hydrogen-bond acceptors (Lipinski definition) is 2. The van der Waals surface area contributed by atoms with Crippen LogP contribution in [0.3, 0.4) is 0 Å².